The van der Waals surface area contributed by atoms with E-state index in [0.29, 0.717) is 11.8 Å². The number of benzene rings is 1. The van der Waals surface area contributed by atoms with Gasteiger partial charge in [0.05, 0.1) is 16.3 Å². The van der Waals surface area contributed by atoms with E-state index in [1.54, 1.807) is 18.2 Å². The van der Waals surface area contributed by atoms with Crippen LogP contribution in [0.3, 0.4) is 0 Å². The van der Waals surface area contributed by atoms with E-state index in [9.17, 15) is 45.6 Å². The molecule has 2 aliphatic rings. The molecule has 0 bridgehead atoms. The number of carboxylic acids is 2. The maximum absolute atomic E-state index is 13.0. The summed E-state index contributed by atoms with van der Waals surface area (Å²) in [4.78, 5) is 59.5. The number of aromatic nitrogens is 2. The van der Waals surface area contributed by atoms with Gasteiger partial charge >= 0.3 is 22.4 Å². The summed E-state index contributed by atoms with van der Waals surface area (Å²) in [7, 11) is -4.81. The summed E-state index contributed by atoms with van der Waals surface area (Å²) in [6.45, 7) is 2.77. The molecular weight excluding hydrogens is 730 g/mol. The van der Waals surface area contributed by atoms with Crippen molar-refractivity contribution in [3.8, 4) is 5.75 Å². The minimum Gasteiger partial charge on any atom is -0.542 e. The zero-order valence-electron chi connectivity index (χ0n) is 24.6. The lowest BCUT2D eigenvalue weighted by molar-refractivity contribution is -0.707. The number of amides is 2. The molecule has 3 aromatic rings. The van der Waals surface area contributed by atoms with Gasteiger partial charge in [-0.15, -0.1) is 11.3 Å². The first kappa shape index (κ1) is 37.0. The van der Waals surface area contributed by atoms with E-state index in [2.05, 4.69) is 31.1 Å². The van der Waals surface area contributed by atoms with Crippen molar-refractivity contribution in [2.75, 3.05) is 30.7 Å². The van der Waals surface area contributed by atoms with E-state index in [1.165, 1.54) is 23.6 Å². The van der Waals surface area contributed by atoms with E-state index in [0.717, 1.165) is 39.8 Å². The Labute approximate surface area is 280 Å². The molecule has 0 aliphatic carbocycles. The van der Waals surface area contributed by atoms with Crippen molar-refractivity contribution in [3.63, 3.8) is 0 Å². The first-order chi connectivity index (χ1) is 22.8. The van der Waals surface area contributed by atoms with Crippen molar-refractivity contribution in [1.29, 1.82) is 0 Å². The first-order valence-electron chi connectivity index (χ1n) is 13.5. The van der Waals surface area contributed by atoms with Crippen LogP contribution in [0.25, 0.3) is 10.2 Å². The molecule has 2 aliphatic heterocycles. The average molecular weight is 755 g/mol. The molecule has 2 saturated heterocycles. The van der Waals surface area contributed by atoms with Crippen LogP contribution in [0, 0.1) is 0 Å². The molecule has 4 heterocycles. The normalized spacial score (nSPS) is 18.8. The lowest BCUT2D eigenvalue weighted by Gasteiger charge is -2.42. The van der Waals surface area contributed by atoms with Gasteiger partial charge in [0, 0.05) is 5.38 Å². The van der Waals surface area contributed by atoms with Crippen LogP contribution in [0.2, 0.25) is 0 Å². The number of β-lactam (4-membered cyclic amide) rings is 1. The second kappa shape index (κ2) is 14.7. The van der Waals surface area contributed by atoms with Gasteiger partial charge in [-0.2, -0.15) is 21.6 Å². The van der Waals surface area contributed by atoms with Crippen molar-refractivity contribution in [2.24, 2.45) is 5.16 Å². The van der Waals surface area contributed by atoms with Crippen LogP contribution < -0.4 is 31.5 Å². The van der Waals surface area contributed by atoms with Gasteiger partial charge in [0.15, 0.2) is 16.0 Å². The van der Waals surface area contributed by atoms with Crippen molar-refractivity contribution < 1.29 is 70.4 Å². The molecule has 2 fully saturated rings. The number of oxime groups is 1. The van der Waals surface area contributed by atoms with Crippen LogP contribution in [-0.4, -0.2) is 112 Å². The minimum absolute atomic E-state index is 0.0668. The standard InChI is InChI=1S/C22H24N8O9S3.C2HF3O2/c1-9-16(19(32)30(9)42(35,36)37)28-18(31)17(13-8-40-21(23)26-13)29-39-14(20(33)34)7-38-11-2-3-12-15(4-11)41-22(27-12)25-10-5-24-6-10;3-2(4,5)1(6)7/h2-4,8-10,14,16,24H,5-7H2,1H3,(H2,23,26)(H,25,27)(H,28,31)(H,33,34)(H,35,36,37);(H,6,7)/b29-17-;/t9-,14-,16-;/m0./s1. The summed E-state index contributed by atoms with van der Waals surface area (Å²) in [5.74, 6) is -6.18. The van der Waals surface area contributed by atoms with Crippen LogP contribution >= 0.6 is 22.7 Å². The molecule has 3 atom stereocenters. The molecule has 0 radical (unpaired) electrons. The van der Waals surface area contributed by atoms with Gasteiger partial charge in [0.2, 0.25) is 0 Å². The van der Waals surface area contributed by atoms with Crippen molar-refractivity contribution in [2.45, 2.75) is 37.3 Å². The first-order valence-corrected chi connectivity index (χ1v) is 16.6. The third-order valence-corrected chi connectivity index (χ3v) is 9.25. The summed E-state index contributed by atoms with van der Waals surface area (Å²) < 4.78 is 70.1. The molecule has 266 valence electrons. The zero-order valence-corrected chi connectivity index (χ0v) is 27.1. The Hall–Kier alpha value is -4.85. The largest absolute Gasteiger partial charge is 0.542 e. The Morgan fingerprint density at radius 2 is 1.96 bits per heavy atom. The number of rotatable bonds is 12. The number of nitrogens with one attached hydrogen (secondary N) is 2. The summed E-state index contributed by atoms with van der Waals surface area (Å²) in [6, 6.07) is 3.05. The van der Waals surface area contributed by atoms with E-state index >= 15 is 0 Å². The highest BCUT2D eigenvalue weighted by atomic mass is 32.2. The summed E-state index contributed by atoms with van der Waals surface area (Å²) in [5.41, 5.74) is 5.82. The van der Waals surface area contributed by atoms with Gasteiger partial charge in [-0.3, -0.25) is 14.1 Å². The number of aliphatic carboxylic acids is 2. The topological polar surface area (TPSA) is 292 Å². The number of alkyl halides is 3. The number of anilines is 2. The monoisotopic (exact) mass is 754 g/mol. The quantitative estimate of drug-likeness (QED) is 0.0493. The number of nitrogens with two attached hydrogens (primary N) is 2. The molecule has 2 aromatic heterocycles. The van der Waals surface area contributed by atoms with Gasteiger partial charge in [0.25, 0.3) is 17.9 Å². The Bertz CT molecular complexity index is 1880. The maximum Gasteiger partial charge on any atom is 0.430 e. The van der Waals surface area contributed by atoms with Crippen LogP contribution in [-0.2, 0) is 34.3 Å². The number of quaternary nitrogens is 1. The van der Waals surface area contributed by atoms with Crippen LogP contribution in [0.4, 0.5) is 23.4 Å². The number of carboxylic acid groups (broad SMARTS) is 2. The third-order valence-electron chi connectivity index (χ3n) is 6.62. The van der Waals surface area contributed by atoms with Crippen molar-refractivity contribution in [3.05, 3.63) is 29.3 Å². The van der Waals surface area contributed by atoms with Crippen molar-refractivity contribution in [1.82, 2.24) is 19.6 Å². The molecule has 1 aromatic carbocycles. The predicted octanol–water partition coefficient (Wildman–Crippen LogP) is -2.24. The molecule has 0 saturated carbocycles. The Kier molecular flexibility index (Phi) is 11.1. The molecule has 2 amide bonds. The Morgan fingerprint density at radius 3 is 2.47 bits per heavy atom. The number of carbonyl (C=O) groups excluding carboxylic acids is 3. The number of halogens is 3. The number of hydrogen-bond acceptors (Lipinski definition) is 16. The smallest absolute Gasteiger partial charge is 0.430 e. The SMILES string of the molecule is C[C@H]1[C@H](NC(=O)/C(=N\O[C@@H](COc2ccc3nc(NC4C[NH2+]C4)sc3c2)C(=O)O)c2csc(N)n2)C(=O)N1S(=O)(=O)O.O=C([O-])C(F)(F)F. The lowest BCUT2D eigenvalue weighted by Crippen LogP contribution is -2.99. The predicted molar refractivity (Wildman–Crippen MR) is 161 cm³/mol. The molecule has 49 heavy (non-hydrogen) atoms. The molecule has 0 spiro atoms. The summed E-state index contributed by atoms with van der Waals surface area (Å²) >= 11 is 2.40. The highest BCUT2D eigenvalue weighted by molar-refractivity contribution is 7.84. The van der Waals surface area contributed by atoms with E-state index in [1.807, 2.05) is 0 Å². The molecule has 25 heteroatoms. The molecule has 8 N–H and O–H groups in total. The van der Waals surface area contributed by atoms with Gasteiger partial charge in [-0.05, 0) is 25.1 Å². The van der Waals surface area contributed by atoms with Gasteiger partial charge in [0.1, 0.15) is 49.2 Å². The van der Waals surface area contributed by atoms with Gasteiger partial charge in [-0.1, -0.05) is 16.5 Å². The lowest BCUT2D eigenvalue weighted by atomic mass is 10.0. The maximum atomic E-state index is 13.0. The third kappa shape index (κ3) is 9.19. The van der Waals surface area contributed by atoms with E-state index in [4.69, 9.17) is 25.2 Å². The fourth-order valence-electron chi connectivity index (χ4n) is 4.03. The zero-order chi connectivity index (χ0) is 36.3. The Morgan fingerprint density at radius 1 is 1.29 bits per heavy atom. The van der Waals surface area contributed by atoms with Crippen LogP contribution in [0.1, 0.15) is 12.6 Å². The highest BCUT2D eigenvalue weighted by Gasteiger charge is 2.51. The fourth-order valence-corrected chi connectivity index (χ4v) is 6.43. The van der Waals surface area contributed by atoms with Crippen molar-refractivity contribution >= 4 is 82.9 Å². The molecule has 19 nitrogen and oxygen atoms in total. The number of carbonyl (C=O) groups is 4. The van der Waals surface area contributed by atoms with Crippen LogP contribution in [0.5, 0.6) is 5.75 Å². The second-order valence-corrected chi connectivity index (χ2v) is 13.3. The summed E-state index contributed by atoms with van der Waals surface area (Å²) in [5, 5.41) is 32.2. The minimum atomic E-state index is -5.19. The van der Waals surface area contributed by atoms with E-state index in [-0.39, 0.29) is 15.1 Å². The number of nitrogen functional groups attached to an aromatic ring is 1. The number of nitrogens with zero attached hydrogens (tertiary/aromatic N) is 4. The average Bonchev–Trinajstić information content (AvgIpc) is 3.59. The molecule has 0 unspecified atom stereocenters. The molecule has 5 rings (SSSR count). The van der Waals surface area contributed by atoms with Gasteiger partial charge < -0.3 is 46.3 Å². The number of thiazole rings is 2. The van der Waals surface area contributed by atoms with Gasteiger partial charge in [-0.25, -0.2) is 19.1 Å². The number of hydrogen-bond donors (Lipinski definition) is 6. The fraction of sp³-hybridized carbons (Fsp3) is 0.375. The molecular formula is C24H25F3N8O11S3. The Balaban J connectivity index is 0.000000698. The van der Waals surface area contributed by atoms with E-state index < -0.39 is 70.7 Å². The number of ether oxygens (including phenoxy) is 1. The summed E-state index contributed by atoms with van der Waals surface area (Å²) in [6.07, 6.45) is -6.85. The highest BCUT2D eigenvalue weighted by Crippen LogP contribution is 2.30. The van der Waals surface area contributed by atoms with Crippen LogP contribution in [0.15, 0.2) is 28.7 Å². The second-order valence-electron chi connectivity index (χ2n) is 10.1. The number of fused-ring (bicyclic) bond motifs is 1.